The van der Waals surface area contributed by atoms with E-state index in [0.29, 0.717) is 17.7 Å². The summed E-state index contributed by atoms with van der Waals surface area (Å²) >= 11 is 0. The first kappa shape index (κ1) is 27.8. The minimum Gasteiger partial charge on any atom is -0.462 e. The number of nitrogen functional groups attached to an aromatic ring is 1. The predicted molar refractivity (Wildman–Crippen MR) is 154 cm³/mol. The van der Waals surface area contributed by atoms with Gasteiger partial charge >= 0.3 is 5.97 Å². The molecular weight excluding hydrogens is 544 g/mol. The number of rotatable bonds is 7. The third kappa shape index (κ3) is 5.10. The summed E-state index contributed by atoms with van der Waals surface area (Å²) in [6.07, 6.45) is 0.380. The molecule has 9 nitrogen and oxygen atoms in total. The van der Waals surface area contributed by atoms with E-state index in [1.165, 1.54) is 12.1 Å². The molecule has 0 heterocycles. The van der Waals surface area contributed by atoms with Gasteiger partial charge in [-0.2, -0.15) is 8.42 Å². The van der Waals surface area contributed by atoms with Crippen LogP contribution < -0.4 is 11.1 Å². The number of hydrogen-bond acceptors (Lipinski definition) is 8. The van der Waals surface area contributed by atoms with Gasteiger partial charge in [0.1, 0.15) is 4.90 Å². The summed E-state index contributed by atoms with van der Waals surface area (Å²) in [5.74, 6) is -1.56. The quantitative estimate of drug-likeness (QED) is 0.138. The highest BCUT2D eigenvalue weighted by molar-refractivity contribution is 7.86. The second-order valence-corrected chi connectivity index (χ2v) is 11.0. The molecule has 1 aliphatic carbocycles. The van der Waals surface area contributed by atoms with Crippen LogP contribution in [0.2, 0.25) is 0 Å². The average molecular weight is 571 g/mol. The molecule has 0 aromatic heterocycles. The number of carbonyl (C=O) groups excluding carboxylic acids is 3. The Labute approximate surface area is 236 Å². The number of ether oxygens (including phenoxy) is 1. The van der Waals surface area contributed by atoms with Crippen molar-refractivity contribution in [3.8, 4) is 0 Å². The lowest BCUT2D eigenvalue weighted by Crippen LogP contribution is -2.25. The molecule has 0 saturated carbocycles. The molecule has 5 rings (SSSR count). The van der Waals surface area contributed by atoms with Crippen LogP contribution in [-0.4, -0.2) is 37.1 Å². The maximum Gasteiger partial charge on any atom is 0.338 e. The largest absolute Gasteiger partial charge is 0.462 e. The number of ketones is 2. The van der Waals surface area contributed by atoms with Crippen LogP contribution in [0.25, 0.3) is 0 Å². The molecule has 0 atom stereocenters. The Kier molecular flexibility index (Phi) is 7.20. The fourth-order valence-electron chi connectivity index (χ4n) is 4.97. The number of aryl methyl sites for hydroxylation is 1. The van der Waals surface area contributed by atoms with Gasteiger partial charge in [-0.25, -0.2) is 4.79 Å². The molecule has 4 aromatic carbocycles. The Morgan fingerprint density at radius 1 is 0.902 bits per heavy atom. The first-order valence-electron chi connectivity index (χ1n) is 12.7. The zero-order valence-corrected chi connectivity index (χ0v) is 23.0. The maximum absolute atomic E-state index is 13.6. The van der Waals surface area contributed by atoms with Crippen molar-refractivity contribution in [2.45, 2.75) is 25.2 Å². The Bertz CT molecular complexity index is 1860. The molecule has 0 fully saturated rings. The van der Waals surface area contributed by atoms with Crippen molar-refractivity contribution in [3.05, 3.63) is 117 Å². The fraction of sp³-hybridized carbons (Fsp3) is 0.129. The molecule has 41 heavy (non-hydrogen) atoms. The standard InChI is InChI=1S/C31H26N2O7S/c1-3-40-31(36)20-9-5-4-8-19(20)14-18-13-12-17(2)23(15-18)33-24-16-25(41(37,38)39)28(32)27-26(24)29(34)21-10-6-7-11-22(21)30(27)35/h4-13,15-16,33H,3,14,32H2,1-2H3,(H,37,38,39). The first-order chi connectivity index (χ1) is 19.5. The van der Waals surface area contributed by atoms with Crippen molar-refractivity contribution in [1.29, 1.82) is 0 Å². The molecule has 0 radical (unpaired) electrons. The van der Waals surface area contributed by atoms with E-state index in [-0.39, 0.29) is 34.5 Å². The van der Waals surface area contributed by atoms with Crippen LogP contribution in [-0.2, 0) is 21.3 Å². The fourth-order valence-corrected chi connectivity index (χ4v) is 5.61. The van der Waals surface area contributed by atoms with Crippen LogP contribution >= 0.6 is 0 Å². The molecule has 0 unspecified atom stereocenters. The molecule has 10 heteroatoms. The molecule has 0 saturated heterocycles. The Hall–Kier alpha value is -4.80. The SMILES string of the molecule is CCOC(=O)c1ccccc1Cc1ccc(C)c(Nc2cc(S(=O)(=O)O)c(N)c3c2C(=O)c2ccccc2C3=O)c1. The molecule has 0 aliphatic heterocycles. The predicted octanol–water partition coefficient (Wildman–Crippen LogP) is 5.11. The van der Waals surface area contributed by atoms with E-state index < -0.39 is 38.2 Å². The average Bonchev–Trinajstić information content (AvgIpc) is 2.94. The lowest BCUT2D eigenvalue weighted by atomic mass is 9.82. The molecule has 4 N–H and O–H groups in total. The maximum atomic E-state index is 13.6. The number of carbonyl (C=O) groups is 3. The second kappa shape index (κ2) is 10.6. The van der Waals surface area contributed by atoms with Crippen molar-refractivity contribution in [3.63, 3.8) is 0 Å². The van der Waals surface area contributed by atoms with Gasteiger partial charge in [0.15, 0.2) is 11.6 Å². The third-order valence-electron chi connectivity index (χ3n) is 6.96. The number of nitrogens with one attached hydrogen (secondary N) is 1. The topological polar surface area (TPSA) is 153 Å². The van der Waals surface area contributed by atoms with E-state index in [2.05, 4.69) is 5.32 Å². The van der Waals surface area contributed by atoms with Crippen molar-refractivity contribution in [2.24, 2.45) is 0 Å². The van der Waals surface area contributed by atoms with Crippen LogP contribution in [0.15, 0.2) is 77.7 Å². The number of esters is 1. The number of anilines is 3. The van der Waals surface area contributed by atoms with E-state index in [0.717, 1.165) is 22.8 Å². The zero-order chi connectivity index (χ0) is 29.5. The van der Waals surface area contributed by atoms with Gasteiger partial charge in [-0.15, -0.1) is 0 Å². The van der Waals surface area contributed by atoms with Crippen LogP contribution in [0, 0.1) is 6.92 Å². The summed E-state index contributed by atoms with van der Waals surface area (Å²) in [6, 6.07) is 19.9. The van der Waals surface area contributed by atoms with E-state index in [1.807, 2.05) is 31.2 Å². The molecule has 0 spiro atoms. The Morgan fingerprint density at radius 3 is 2.20 bits per heavy atom. The molecule has 4 aromatic rings. The minimum atomic E-state index is -4.85. The summed E-state index contributed by atoms with van der Waals surface area (Å²) < 4.78 is 39.6. The summed E-state index contributed by atoms with van der Waals surface area (Å²) in [5.41, 5.74) is 8.73. The van der Waals surface area contributed by atoms with Gasteiger partial charge in [0.2, 0.25) is 0 Å². The molecule has 208 valence electrons. The lowest BCUT2D eigenvalue weighted by Gasteiger charge is -2.24. The summed E-state index contributed by atoms with van der Waals surface area (Å²) in [5, 5.41) is 3.11. The highest BCUT2D eigenvalue weighted by Crippen LogP contribution is 2.40. The van der Waals surface area contributed by atoms with E-state index >= 15 is 0 Å². The molecule has 0 bridgehead atoms. The number of fused-ring (bicyclic) bond motifs is 2. The summed E-state index contributed by atoms with van der Waals surface area (Å²) in [4.78, 5) is 38.8. The lowest BCUT2D eigenvalue weighted by molar-refractivity contribution is 0.0525. The number of nitrogens with two attached hydrogens (primary N) is 1. The third-order valence-corrected chi connectivity index (χ3v) is 7.85. The van der Waals surface area contributed by atoms with Gasteiger partial charge in [0, 0.05) is 16.8 Å². The Balaban J connectivity index is 1.62. The van der Waals surface area contributed by atoms with Crippen molar-refractivity contribution >= 4 is 44.7 Å². The highest BCUT2D eigenvalue weighted by atomic mass is 32.2. The van der Waals surface area contributed by atoms with Gasteiger partial charge < -0.3 is 15.8 Å². The van der Waals surface area contributed by atoms with E-state index in [4.69, 9.17) is 10.5 Å². The summed E-state index contributed by atoms with van der Waals surface area (Å²) in [6.45, 7) is 3.79. The van der Waals surface area contributed by atoms with Crippen LogP contribution in [0.1, 0.15) is 65.8 Å². The van der Waals surface area contributed by atoms with Crippen LogP contribution in [0.4, 0.5) is 17.1 Å². The van der Waals surface area contributed by atoms with Gasteiger partial charge in [0.05, 0.1) is 34.7 Å². The number of hydrogen-bond donors (Lipinski definition) is 3. The van der Waals surface area contributed by atoms with Gasteiger partial charge in [0.25, 0.3) is 10.1 Å². The van der Waals surface area contributed by atoms with Crippen LogP contribution in [0.5, 0.6) is 0 Å². The van der Waals surface area contributed by atoms with E-state index in [9.17, 15) is 27.4 Å². The normalized spacial score (nSPS) is 12.5. The monoisotopic (exact) mass is 570 g/mol. The zero-order valence-electron chi connectivity index (χ0n) is 22.2. The minimum absolute atomic E-state index is 0.00171. The first-order valence-corrected chi connectivity index (χ1v) is 14.2. The number of benzene rings is 4. The van der Waals surface area contributed by atoms with Crippen molar-refractivity contribution in [2.75, 3.05) is 17.7 Å². The van der Waals surface area contributed by atoms with E-state index in [1.54, 1.807) is 37.3 Å². The molecule has 1 aliphatic rings. The molecule has 0 amide bonds. The Morgan fingerprint density at radius 2 is 1.54 bits per heavy atom. The van der Waals surface area contributed by atoms with Crippen molar-refractivity contribution < 1.29 is 32.1 Å². The van der Waals surface area contributed by atoms with Gasteiger partial charge in [-0.1, -0.05) is 54.6 Å². The second-order valence-electron chi connectivity index (χ2n) is 9.59. The smallest absolute Gasteiger partial charge is 0.338 e. The van der Waals surface area contributed by atoms with Gasteiger partial charge in [-0.05, 0) is 55.2 Å². The highest BCUT2D eigenvalue weighted by Gasteiger charge is 2.36. The van der Waals surface area contributed by atoms with Gasteiger partial charge in [-0.3, -0.25) is 14.1 Å². The summed E-state index contributed by atoms with van der Waals surface area (Å²) in [7, 11) is -4.85. The van der Waals surface area contributed by atoms with Crippen molar-refractivity contribution in [1.82, 2.24) is 0 Å². The molecular formula is C31H26N2O7S. The van der Waals surface area contributed by atoms with Crippen LogP contribution in [0.3, 0.4) is 0 Å².